The molecule has 0 unspecified atom stereocenters. The summed E-state index contributed by atoms with van der Waals surface area (Å²) in [4.78, 5) is 0. The lowest BCUT2D eigenvalue weighted by Crippen LogP contribution is -2.28. The van der Waals surface area contributed by atoms with Crippen molar-refractivity contribution in [1.29, 1.82) is 0 Å². The third-order valence-corrected chi connectivity index (χ3v) is 2.42. The third-order valence-electron chi connectivity index (χ3n) is 2.18. The van der Waals surface area contributed by atoms with Crippen molar-refractivity contribution in [2.24, 2.45) is 0 Å². The van der Waals surface area contributed by atoms with Gasteiger partial charge in [-0.2, -0.15) is 0 Å². The Morgan fingerprint density at radius 2 is 2.00 bits per heavy atom. The van der Waals surface area contributed by atoms with E-state index in [4.69, 9.17) is 11.6 Å². The maximum absolute atomic E-state index is 5.88. The molecule has 0 heterocycles. The molecule has 0 aromatic heterocycles. The van der Waals surface area contributed by atoms with E-state index in [1.165, 1.54) is 5.56 Å². The van der Waals surface area contributed by atoms with Crippen LogP contribution in [-0.4, -0.2) is 19.1 Å². The van der Waals surface area contributed by atoms with Gasteiger partial charge in [0.2, 0.25) is 0 Å². The Morgan fingerprint density at radius 3 is 2.60 bits per heavy atom. The van der Waals surface area contributed by atoms with E-state index in [9.17, 15) is 0 Å². The second-order valence-corrected chi connectivity index (χ2v) is 4.43. The number of halogens is 1. The van der Waals surface area contributed by atoms with Crippen molar-refractivity contribution in [2.45, 2.75) is 26.8 Å². The molecular weight excluding hydrogens is 208 g/mol. The minimum absolute atomic E-state index is 0.540. The number of rotatable bonds is 5. The maximum atomic E-state index is 5.88. The molecule has 1 aromatic carbocycles. The van der Waals surface area contributed by atoms with Gasteiger partial charge in [-0.3, -0.25) is 0 Å². The third kappa shape index (κ3) is 4.54. The largest absolute Gasteiger partial charge is 0.384 e. The van der Waals surface area contributed by atoms with Crippen LogP contribution in [0.1, 0.15) is 19.4 Å². The normalized spacial score (nSPS) is 10.7. The summed E-state index contributed by atoms with van der Waals surface area (Å²) in [6, 6.07) is 6.44. The smallest absolute Gasteiger partial charge is 0.0410 e. The Kier molecular flexibility index (Phi) is 4.92. The van der Waals surface area contributed by atoms with E-state index in [1.807, 2.05) is 18.2 Å². The van der Waals surface area contributed by atoms with Crippen molar-refractivity contribution in [1.82, 2.24) is 5.32 Å². The first-order valence-corrected chi connectivity index (χ1v) is 5.71. The number of hydrogen-bond acceptors (Lipinski definition) is 2. The Morgan fingerprint density at radius 1 is 1.27 bits per heavy atom. The standard InChI is InChI=1S/C12H19ClN2/c1-9(2)14-6-7-15-12-5-4-11(13)8-10(12)3/h4-5,8-9,14-15H,6-7H2,1-3H3. The molecule has 3 heteroatoms. The number of nitrogens with one attached hydrogen (secondary N) is 2. The highest BCUT2D eigenvalue weighted by atomic mass is 35.5. The molecule has 0 atom stereocenters. The molecule has 0 saturated heterocycles. The minimum Gasteiger partial charge on any atom is -0.384 e. The van der Waals surface area contributed by atoms with Crippen LogP contribution in [0.25, 0.3) is 0 Å². The zero-order chi connectivity index (χ0) is 11.3. The molecule has 0 aliphatic carbocycles. The highest BCUT2D eigenvalue weighted by molar-refractivity contribution is 6.30. The van der Waals surface area contributed by atoms with Crippen LogP contribution >= 0.6 is 11.6 Å². The summed E-state index contributed by atoms with van der Waals surface area (Å²) >= 11 is 5.88. The summed E-state index contributed by atoms with van der Waals surface area (Å²) in [6.45, 7) is 8.26. The molecule has 2 nitrogen and oxygen atoms in total. The fraction of sp³-hybridized carbons (Fsp3) is 0.500. The van der Waals surface area contributed by atoms with Crippen LogP contribution in [-0.2, 0) is 0 Å². The van der Waals surface area contributed by atoms with Gasteiger partial charge in [-0.1, -0.05) is 25.4 Å². The molecular formula is C12H19ClN2. The molecule has 1 rings (SSSR count). The summed E-state index contributed by atoms with van der Waals surface area (Å²) in [6.07, 6.45) is 0. The number of benzene rings is 1. The van der Waals surface area contributed by atoms with Crippen LogP contribution in [0.15, 0.2) is 18.2 Å². The molecule has 0 saturated carbocycles. The van der Waals surface area contributed by atoms with Gasteiger partial charge in [-0.15, -0.1) is 0 Å². The van der Waals surface area contributed by atoms with Crippen LogP contribution in [0.4, 0.5) is 5.69 Å². The van der Waals surface area contributed by atoms with Crippen molar-refractivity contribution >= 4 is 17.3 Å². The first-order valence-electron chi connectivity index (χ1n) is 5.33. The van der Waals surface area contributed by atoms with Gasteiger partial charge < -0.3 is 10.6 Å². The fourth-order valence-corrected chi connectivity index (χ4v) is 1.61. The van der Waals surface area contributed by atoms with Gasteiger partial charge in [-0.25, -0.2) is 0 Å². The van der Waals surface area contributed by atoms with Gasteiger partial charge >= 0.3 is 0 Å². The van der Waals surface area contributed by atoms with E-state index in [-0.39, 0.29) is 0 Å². The quantitative estimate of drug-likeness (QED) is 0.755. The zero-order valence-electron chi connectivity index (χ0n) is 9.60. The van der Waals surface area contributed by atoms with Gasteiger partial charge in [0.05, 0.1) is 0 Å². The molecule has 15 heavy (non-hydrogen) atoms. The minimum atomic E-state index is 0.540. The molecule has 0 radical (unpaired) electrons. The van der Waals surface area contributed by atoms with Crippen LogP contribution < -0.4 is 10.6 Å². The SMILES string of the molecule is Cc1cc(Cl)ccc1NCCNC(C)C. The number of aryl methyl sites for hydroxylation is 1. The Labute approximate surface area is 97.0 Å². The molecule has 2 N–H and O–H groups in total. The van der Waals surface area contributed by atoms with Crippen LogP contribution in [0, 0.1) is 6.92 Å². The Balaban J connectivity index is 2.37. The van der Waals surface area contributed by atoms with E-state index in [2.05, 4.69) is 31.4 Å². The maximum Gasteiger partial charge on any atom is 0.0410 e. The van der Waals surface area contributed by atoms with E-state index >= 15 is 0 Å². The molecule has 1 aromatic rings. The van der Waals surface area contributed by atoms with Crippen LogP contribution in [0.5, 0.6) is 0 Å². The van der Waals surface area contributed by atoms with Gasteiger partial charge in [0, 0.05) is 29.8 Å². The Hall–Kier alpha value is -0.730. The second kappa shape index (κ2) is 5.99. The van der Waals surface area contributed by atoms with Crippen molar-refractivity contribution in [3.63, 3.8) is 0 Å². The zero-order valence-corrected chi connectivity index (χ0v) is 10.4. The Bertz CT molecular complexity index is 310. The molecule has 0 fully saturated rings. The predicted octanol–water partition coefficient (Wildman–Crippen LogP) is 3.06. The monoisotopic (exact) mass is 226 g/mol. The summed E-state index contributed by atoms with van der Waals surface area (Å²) in [5, 5.41) is 7.52. The fourth-order valence-electron chi connectivity index (χ4n) is 1.38. The summed E-state index contributed by atoms with van der Waals surface area (Å²) in [5.74, 6) is 0. The summed E-state index contributed by atoms with van der Waals surface area (Å²) in [7, 11) is 0. The summed E-state index contributed by atoms with van der Waals surface area (Å²) in [5.41, 5.74) is 2.34. The van der Waals surface area contributed by atoms with Gasteiger partial charge in [0.1, 0.15) is 0 Å². The topological polar surface area (TPSA) is 24.1 Å². The van der Waals surface area contributed by atoms with Gasteiger partial charge in [0.25, 0.3) is 0 Å². The molecule has 0 aliphatic heterocycles. The van der Waals surface area contributed by atoms with Gasteiger partial charge in [0.15, 0.2) is 0 Å². The van der Waals surface area contributed by atoms with E-state index < -0.39 is 0 Å². The number of hydrogen-bond donors (Lipinski definition) is 2. The van der Waals surface area contributed by atoms with Crippen molar-refractivity contribution in [3.05, 3.63) is 28.8 Å². The first-order chi connectivity index (χ1) is 7.09. The number of anilines is 1. The highest BCUT2D eigenvalue weighted by Gasteiger charge is 1.98. The lowest BCUT2D eigenvalue weighted by atomic mass is 10.2. The first kappa shape index (κ1) is 12.3. The van der Waals surface area contributed by atoms with Crippen molar-refractivity contribution < 1.29 is 0 Å². The van der Waals surface area contributed by atoms with Crippen LogP contribution in [0.2, 0.25) is 5.02 Å². The average molecular weight is 227 g/mol. The molecule has 0 spiro atoms. The second-order valence-electron chi connectivity index (χ2n) is 3.99. The molecule has 0 amide bonds. The lowest BCUT2D eigenvalue weighted by Gasteiger charge is -2.11. The van der Waals surface area contributed by atoms with E-state index in [1.54, 1.807) is 0 Å². The van der Waals surface area contributed by atoms with Crippen molar-refractivity contribution in [3.8, 4) is 0 Å². The lowest BCUT2D eigenvalue weighted by molar-refractivity contribution is 0.602. The molecule has 0 bridgehead atoms. The van der Waals surface area contributed by atoms with Crippen LogP contribution in [0.3, 0.4) is 0 Å². The van der Waals surface area contributed by atoms with Gasteiger partial charge in [-0.05, 0) is 30.7 Å². The van der Waals surface area contributed by atoms with E-state index in [0.29, 0.717) is 6.04 Å². The average Bonchev–Trinajstić information content (AvgIpc) is 2.14. The predicted molar refractivity (Wildman–Crippen MR) is 67.8 cm³/mol. The molecule has 84 valence electrons. The summed E-state index contributed by atoms with van der Waals surface area (Å²) < 4.78 is 0. The van der Waals surface area contributed by atoms with Crippen molar-refractivity contribution in [2.75, 3.05) is 18.4 Å². The molecule has 0 aliphatic rings. The highest BCUT2D eigenvalue weighted by Crippen LogP contribution is 2.18. The van der Waals surface area contributed by atoms with E-state index in [0.717, 1.165) is 23.8 Å².